The normalized spacial score (nSPS) is 20.8. The average molecular weight is 231 g/mol. The van der Waals surface area contributed by atoms with Crippen LogP contribution in [0.15, 0.2) is 35.4 Å². The summed E-state index contributed by atoms with van der Waals surface area (Å²) >= 11 is 1.68. The molecule has 0 amide bonds. The first-order valence-corrected chi connectivity index (χ1v) is 6.48. The molecule has 1 aromatic carbocycles. The maximum Gasteiger partial charge on any atom is 0.146 e. The third kappa shape index (κ3) is 1.76. The third-order valence-electron chi connectivity index (χ3n) is 3.02. The molecular weight excluding hydrogens is 218 g/mol. The smallest absolute Gasteiger partial charge is 0.146 e. The Morgan fingerprint density at radius 2 is 2.19 bits per heavy atom. The van der Waals surface area contributed by atoms with Gasteiger partial charge in [0.1, 0.15) is 5.78 Å². The predicted octanol–water partition coefficient (Wildman–Crippen LogP) is 3.38. The van der Waals surface area contributed by atoms with Gasteiger partial charge in [0, 0.05) is 17.3 Å². The Morgan fingerprint density at radius 3 is 2.94 bits per heavy atom. The zero-order valence-electron chi connectivity index (χ0n) is 8.90. The van der Waals surface area contributed by atoms with Crippen LogP contribution in [0.4, 0.5) is 0 Å². The molecule has 0 radical (unpaired) electrons. The summed E-state index contributed by atoms with van der Waals surface area (Å²) in [5, 5.41) is 2.50. The molecule has 1 atom stereocenters. The van der Waals surface area contributed by atoms with Crippen molar-refractivity contribution in [1.82, 2.24) is 4.98 Å². The molecule has 0 spiro atoms. The predicted molar refractivity (Wildman–Crippen MR) is 66.8 cm³/mol. The van der Waals surface area contributed by atoms with Crippen molar-refractivity contribution >= 4 is 28.4 Å². The second-order valence-electron chi connectivity index (χ2n) is 4.19. The van der Waals surface area contributed by atoms with Crippen LogP contribution < -0.4 is 0 Å². The monoisotopic (exact) mass is 231 g/mol. The van der Waals surface area contributed by atoms with Gasteiger partial charge in [-0.15, -0.1) is 0 Å². The second kappa shape index (κ2) is 3.98. The van der Waals surface area contributed by atoms with E-state index >= 15 is 0 Å². The molecule has 0 bridgehead atoms. The Balaban J connectivity index is 1.86. The van der Waals surface area contributed by atoms with Crippen LogP contribution >= 0.6 is 11.8 Å². The molecule has 2 nitrogen and oxygen atoms in total. The number of nitrogens with one attached hydrogen (secondary N) is 1. The molecule has 16 heavy (non-hydrogen) atoms. The summed E-state index contributed by atoms with van der Waals surface area (Å²) in [6.07, 6.45) is 2.84. The molecule has 1 aliphatic rings. The molecule has 1 heterocycles. The van der Waals surface area contributed by atoms with Crippen molar-refractivity contribution in [1.29, 1.82) is 0 Å². The topological polar surface area (TPSA) is 32.9 Å². The summed E-state index contributed by atoms with van der Waals surface area (Å²) in [6.45, 7) is 0. The largest absolute Gasteiger partial charge is 0.350 e. The summed E-state index contributed by atoms with van der Waals surface area (Å²) < 4.78 is 0. The summed E-state index contributed by atoms with van der Waals surface area (Å²) in [5.74, 6) is 0.406. The minimum absolute atomic E-state index is 0.174. The molecule has 0 aliphatic heterocycles. The molecule has 3 rings (SSSR count). The van der Waals surface area contributed by atoms with Crippen molar-refractivity contribution in [3.63, 3.8) is 0 Å². The van der Waals surface area contributed by atoms with E-state index in [-0.39, 0.29) is 5.25 Å². The van der Waals surface area contributed by atoms with Crippen LogP contribution in [0.3, 0.4) is 0 Å². The molecule has 82 valence electrons. The standard InChI is InChI=1S/C13H13NOS/c15-11-6-3-7-12(11)16-13-8-9-4-1-2-5-10(9)14-13/h1-2,4-5,8,12,14H,3,6-7H2. The first-order valence-electron chi connectivity index (χ1n) is 5.60. The van der Waals surface area contributed by atoms with E-state index in [1.807, 2.05) is 12.1 Å². The highest BCUT2D eigenvalue weighted by Gasteiger charge is 2.25. The fourth-order valence-electron chi connectivity index (χ4n) is 2.17. The number of aromatic amines is 1. The molecule has 1 saturated carbocycles. The Kier molecular flexibility index (Phi) is 2.48. The van der Waals surface area contributed by atoms with Crippen LogP contribution in [0.5, 0.6) is 0 Å². The highest BCUT2D eigenvalue weighted by molar-refractivity contribution is 8.00. The van der Waals surface area contributed by atoms with Crippen LogP contribution in [0.2, 0.25) is 0 Å². The van der Waals surface area contributed by atoms with E-state index < -0.39 is 0 Å². The number of H-pyrrole nitrogens is 1. The quantitative estimate of drug-likeness (QED) is 0.859. The lowest BCUT2D eigenvalue weighted by molar-refractivity contribution is -0.116. The Labute approximate surface area is 98.4 Å². The molecule has 1 unspecified atom stereocenters. The number of fused-ring (bicyclic) bond motifs is 1. The van der Waals surface area contributed by atoms with Crippen molar-refractivity contribution in [3.8, 4) is 0 Å². The minimum atomic E-state index is 0.174. The van der Waals surface area contributed by atoms with Crippen LogP contribution in [0.1, 0.15) is 19.3 Å². The van der Waals surface area contributed by atoms with Gasteiger partial charge in [0.2, 0.25) is 0 Å². The van der Waals surface area contributed by atoms with Gasteiger partial charge in [-0.1, -0.05) is 30.0 Å². The molecule has 1 fully saturated rings. The van der Waals surface area contributed by atoms with Crippen molar-refractivity contribution in [2.75, 3.05) is 0 Å². The summed E-state index contributed by atoms with van der Waals surface area (Å²) in [5.41, 5.74) is 1.15. The van der Waals surface area contributed by atoms with Crippen molar-refractivity contribution in [3.05, 3.63) is 30.3 Å². The molecule has 0 saturated heterocycles. The summed E-state index contributed by atoms with van der Waals surface area (Å²) in [6, 6.07) is 10.3. The first-order chi connectivity index (χ1) is 7.83. The first kappa shape index (κ1) is 9.97. The number of aromatic nitrogens is 1. The van der Waals surface area contributed by atoms with E-state index in [9.17, 15) is 4.79 Å². The van der Waals surface area contributed by atoms with Gasteiger partial charge in [-0.3, -0.25) is 4.79 Å². The number of thioether (sulfide) groups is 1. The van der Waals surface area contributed by atoms with E-state index in [0.717, 1.165) is 29.8 Å². The fourth-order valence-corrected chi connectivity index (χ4v) is 3.38. The van der Waals surface area contributed by atoms with Gasteiger partial charge in [0.15, 0.2) is 0 Å². The van der Waals surface area contributed by atoms with Crippen molar-refractivity contribution in [2.24, 2.45) is 0 Å². The number of ketones is 1. The third-order valence-corrected chi connectivity index (χ3v) is 4.28. The zero-order chi connectivity index (χ0) is 11.0. The molecule has 2 aromatic rings. The SMILES string of the molecule is O=C1CCCC1Sc1cc2ccccc2[nH]1. The van der Waals surface area contributed by atoms with Gasteiger partial charge in [-0.05, 0) is 25.0 Å². The van der Waals surface area contributed by atoms with Gasteiger partial charge in [0.25, 0.3) is 0 Å². The lowest BCUT2D eigenvalue weighted by Gasteiger charge is -2.04. The van der Waals surface area contributed by atoms with E-state index in [0.29, 0.717) is 5.78 Å². The van der Waals surface area contributed by atoms with Crippen LogP contribution in [-0.4, -0.2) is 16.0 Å². The summed E-state index contributed by atoms with van der Waals surface area (Å²) in [4.78, 5) is 14.9. The van der Waals surface area contributed by atoms with Gasteiger partial charge in [0.05, 0.1) is 10.3 Å². The number of rotatable bonds is 2. The van der Waals surface area contributed by atoms with Crippen LogP contribution in [0.25, 0.3) is 10.9 Å². The minimum Gasteiger partial charge on any atom is -0.350 e. The highest BCUT2D eigenvalue weighted by Crippen LogP contribution is 2.33. The molecule has 1 aromatic heterocycles. The van der Waals surface area contributed by atoms with E-state index in [2.05, 4.69) is 23.2 Å². The maximum absolute atomic E-state index is 11.6. The maximum atomic E-state index is 11.6. The number of hydrogen-bond donors (Lipinski definition) is 1. The molecular formula is C13H13NOS. The van der Waals surface area contributed by atoms with Crippen molar-refractivity contribution < 1.29 is 4.79 Å². The highest BCUT2D eigenvalue weighted by atomic mass is 32.2. The molecule has 3 heteroatoms. The number of para-hydroxylation sites is 1. The van der Waals surface area contributed by atoms with Gasteiger partial charge in [-0.25, -0.2) is 0 Å². The van der Waals surface area contributed by atoms with Gasteiger partial charge < -0.3 is 4.98 Å². The summed E-state index contributed by atoms with van der Waals surface area (Å²) in [7, 11) is 0. The van der Waals surface area contributed by atoms with E-state index in [1.54, 1.807) is 11.8 Å². The lowest BCUT2D eigenvalue weighted by atomic mass is 10.3. The van der Waals surface area contributed by atoms with Gasteiger partial charge >= 0.3 is 0 Å². The number of hydrogen-bond acceptors (Lipinski definition) is 2. The lowest BCUT2D eigenvalue weighted by Crippen LogP contribution is -2.07. The average Bonchev–Trinajstić information content (AvgIpc) is 2.85. The Hall–Kier alpha value is -1.22. The number of benzene rings is 1. The molecule has 1 N–H and O–H groups in total. The zero-order valence-corrected chi connectivity index (χ0v) is 9.72. The van der Waals surface area contributed by atoms with Crippen LogP contribution in [0, 0.1) is 0 Å². The number of carbonyl (C=O) groups is 1. The Bertz CT molecular complexity index is 498. The molecule has 1 aliphatic carbocycles. The van der Waals surface area contributed by atoms with Crippen LogP contribution in [-0.2, 0) is 4.79 Å². The van der Waals surface area contributed by atoms with Gasteiger partial charge in [-0.2, -0.15) is 0 Å². The van der Waals surface area contributed by atoms with E-state index in [1.165, 1.54) is 5.39 Å². The number of Topliss-reactive ketones (excluding diaryl/α,β-unsaturated/α-hetero) is 1. The van der Waals surface area contributed by atoms with E-state index in [4.69, 9.17) is 0 Å². The van der Waals surface area contributed by atoms with Crippen molar-refractivity contribution in [2.45, 2.75) is 29.5 Å². The number of carbonyl (C=O) groups excluding carboxylic acids is 1. The fraction of sp³-hybridized carbons (Fsp3) is 0.308. The second-order valence-corrected chi connectivity index (χ2v) is 5.43. The Morgan fingerprint density at radius 1 is 1.31 bits per heavy atom.